The fourth-order valence-electron chi connectivity index (χ4n) is 1.98. The van der Waals surface area contributed by atoms with Crippen LogP contribution in [0.1, 0.15) is 23.2 Å². The van der Waals surface area contributed by atoms with E-state index >= 15 is 0 Å². The number of halogens is 2. The zero-order valence-electron chi connectivity index (χ0n) is 10.4. The summed E-state index contributed by atoms with van der Waals surface area (Å²) in [6.07, 6.45) is -0.0664. The van der Waals surface area contributed by atoms with E-state index in [4.69, 9.17) is 9.84 Å². The molecule has 1 heterocycles. The van der Waals surface area contributed by atoms with Crippen molar-refractivity contribution in [3.63, 3.8) is 0 Å². The lowest BCUT2D eigenvalue weighted by Gasteiger charge is -2.12. The van der Waals surface area contributed by atoms with Crippen LogP contribution < -0.4 is 5.32 Å². The van der Waals surface area contributed by atoms with Crippen LogP contribution in [0.4, 0.5) is 4.39 Å². The van der Waals surface area contributed by atoms with Crippen LogP contribution in [0.2, 0.25) is 0 Å². The van der Waals surface area contributed by atoms with Crippen LogP contribution in [-0.2, 0) is 9.53 Å². The molecule has 1 aromatic rings. The second kappa shape index (κ2) is 6.32. The molecule has 2 N–H and O–H groups in total. The summed E-state index contributed by atoms with van der Waals surface area (Å²) in [5, 5.41) is 11.4. The molecule has 2 atom stereocenters. The van der Waals surface area contributed by atoms with Crippen LogP contribution in [0.15, 0.2) is 22.7 Å². The van der Waals surface area contributed by atoms with Crippen molar-refractivity contribution in [2.75, 3.05) is 6.54 Å². The van der Waals surface area contributed by atoms with E-state index in [0.29, 0.717) is 18.4 Å². The molecular weight excluding hydrogens is 333 g/mol. The molecule has 7 heteroatoms. The molecular formula is C13H13BrFNO4. The molecule has 5 nitrogen and oxygen atoms in total. The third-order valence-corrected chi connectivity index (χ3v) is 3.66. The van der Waals surface area contributed by atoms with Gasteiger partial charge in [-0.25, -0.2) is 9.18 Å². The van der Waals surface area contributed by atoms with Gasteiger partial charge in [0.25, 0.3) is 5.91 Å². The van der Waals surface area contributed by atoms with Crippen LogP contribution in [0, 0.1) is 5.82 Å². The largest absolute Gasteiger partial charge is 0.479 e. The standard InChI is InChI=1S/C13H13BrFNO4/c14-9-5-7(1-3-10(9)15)12(17)16-6-8-2-4-11(20-8)13(18)19/h1,3,5,8,11H,2,4,6H2,(H,16,17)(H,18,19). The maximum Gasteiger partial charge on any atom is 0.332 e. The zero-order valence-corrected chi connectivity index (χ0v) is 12.0. The van der Waals surface area contributed by atoms with Gasteiger partial charge in [-0.3, -0.25) is 4.79 Å². The lowest BCUT2D eigenvalue weighted by atomic mass is 10.2. The highest BCUT2D eigenvalue weighted by atomic mass is 79.9. The number of carbonyl (C=O) groups is 2. The molecule has 1 fully saturated rings. The summed E-state index contributed by atoms with van der Waals surface area (Å²) >= 11 is 3.01. The van der Waals surface area contributed by atoms with Crippen molar-refractivity contribution in [1.29, 1.82) is 0 Å². The van der Waals surface area contributed by atoms with Crippen LogP contribution in [0.3, 0.4) is 0 Å². The van der Waals surface area contributed by atoms with Crippen molar-refractivity contribution in [1.82, 2.24) is 5.32 Å². The van der Waals surface area contributed by atoms with Gasteiger partial charge in [0.2, 0.25) is 0 Å². The van der Waals surface area contributed by atoms with Crippen LogP contribution in [-0.4, -0.2) is 35.7 Å². The normalized spacial score (nSPS) is 21.7. The maximum atomic E-state index is 13.1. The van der Waals surface area contributed by atoms with Gasteiger partial charge in [-0.05, 0) is 47.0 Å². The number of hydrogen-bond donors (Lipinski definition) is 2. The molecule has 0 saturated carbocycles. The first-order valence-corrected chi connectivity index (χ1v) is 6.88. The van der Waals surface area contributed by atoms with E-state index in [1.54, 1.807) is 0 Å². The molecule has 1 aliphatic rings. The Bertz CT molecular complexity index is 537. The van der Waals surface area contributed by atoms with E-state index in [2.05, 4.69) is 21.2 Å². The molecule has 0 spiro atoms. The predicted molar refractivity (Wildman–Crippen MR) is 72.0 cm³/mol. The van der Waals surface area contributed by atoms with Gasteiger partial charge in [-0.2, -0.15) is 0 Å². The van der Waals surface area contributed by atoms with Gasteiger partial charge in [-0.15, -0.1) is 0 Å². The van der Waals surface area contributed by atoms with Crippen molar-refractivity contribution < 1.29 is 23.8 Å². The molecule has 108 valence electrons. The van der Waals surface area contributed by atoms with Crippen molar-refractivity contribution in [2.24, 2.45) is 0 Å². The Morgan fingerprint density at radius 3 is 2.80 bits per heavy atom. The van der Waals surface area contributed by atoms with Crippen molar-refractivity contribution in [2.45, 2.75) is 25.0 Å². The van der Waals surface area contributed by atoms with Gasteiger partial charge in [0.1, 0.15) is 5.82 Å². The van der Waals surface area contributed by atoms with Gasteiger partial charge < -0.3 is 15.2 Å². The molecule has 1 aliphatic heterocycles. The van der Waals surface area contributed by atoms with Crippen LogP contribution in [0.5, 0.6) is 0 Å². The number of benzene rings is 1. The monoisotopic (exact) mass is 345 g/mol. The molecule has 0 aromatic heterocycles. The minimum Gasteiger partial charge on any atom is -0.479 e. The summed E-state index contributed by atoms with van der Waals surface area (Å²) in [7, 11) is 0. The first kappa shape index (κ1) is 14.9. The molecule has 0 bridgehead atoms. The number of carboxylic acids is 1. The second-order valence-electron chi connectivity index (χ2n) is 4.50. The number of carboxylic acid groups (broad SMARTS) is 1. The number of rotatable bonds is 4. The quantitative estimate of drug-likeness (QED) is 0.874. The lowest BCUT2D eigenvalue weighted by Crippen LogP contribution is -2.33. The zero-order chi connectivity index (χ0) is 14.7. The Hall–Kier alpha value is -1.47. The predicted octanol–water partition coefficient (Wildman–Crippen LogP) is 1.95. The molecule has 0 aliphatic carbocycles. The average Bonchev–Trinajstić information content (AvgIpc) is 2.88. The highest BCUT2D eigenvalue weighted by molar-refractivity contribution is 9.10. The van der Waals surface area contributed by atoms with Gasteiger partial charge in [0, 0.05) is 12.1 Å². The van der Waals surface area contributed by atoms with E-state index in [1.807, 2.05) is 0 Å². The van der Waals surface area contributed by atoms with Crippen molar-refractivity contribution in [3.8, 4) is 0 Å². The van der Waals surface area contributed by atoms with Crippen molar-refractivity contribution >= 4 is 27.8 Å². The Labute approximate surface area is 123 Å². The first-order chi connectivity index (χ1) is 9.47. The number of carbonyl (C=O) groups excluding carboxylic acids is 1. The minimum atomic E-state index is -0.985. The lowest BCUT2D eigenvalue weighted by molar-refractivity contribution is -0.149. The number of hydrogen-bond acceptors (Lipinski definition) is 3. The topological polar surface area (TPSA) is 75.6 Å². The Balaban J connectivity index is 1.86. The minimum absolute atomic E-state index is 0.216. The SMILES string of the molecule is O=C(NCC1CCC(C(=O)O)O1)c1ccc(F)c(Br)c1. The summed E-state index contributed by atoms with van der Waals surface area (Å²) < 4.78 is 18.5. The van der Waals surface area contributed by atoms with Crippen LogP contribution >= 0.6 is 15.9 Å². The maximum absolute atomic E-state index is 13.1. The number of amides is 1. The van der Waals surface area contributed by atoms with E-state index in [0.717, 1.165) is 0 Å². The molecule has 0 radical (unpaired) electrons. The first-order valence-electron chi connectivity index (χ1n) is 6.09. The molecule has 1 amide bonds. The fourth-order valence-corrected chi connectivity index (χ4v) is 2.36. The van der Waals surface area contributed by atoms with E-state index in [9.17, 15) is 14.0 Å². The van der Waals surface area contributed by atoms with Gasteiger partial charge in [0.05, 0.1) is 10.6 Å². The van der Waals surface area contributed by atoms with E-state index in [-0.39, 0.29) is 23.0 Å². The second-order valence-corrected chi connectivity index (χ2v) is 5.36. The summed E-state index contributed by atoms with van der Waals surface area (Å²) in [6.45, 7) is 0.234. The fraction of sp³-hybridized carbons (Fsp3) is 0.385. The van der Waals surface area contributed by atoms with E-state index in [1.165, 1.54) is 18.2 Å². The summed E-state index contributed by atoms with van der Waals surface area (Å²) in [5.41, 5.74) is 0.325. The summed E-state index contributed by atoms with van der Waals surface area (Å²) in [4.78, 5) is 22.6. The molecule has 20 heavy (non-hydrogen) atoms. The molecule has 2 unspecified atom stereocenters. The van der Waals surface area contributed by atoms with Gasteiger partial charge >= 0.3 is 5.97 Å². The average molecular weight is 346 g/mol. The highest BCUT2D eigenvalue weighted by Gasteiger charge is 2.30. The van der Waals surface area contributed by atoms with Gasteiger partial charge in [0.15, 0.2) is 6.10 Å². The third-order valence-electron chi connectivity index (χ3n) is 3.06. The highest BCUT2D eigenvalue weighted by Crippen LogP contribution is 2.20. The Morgan fingerprint density at radius 1 is 1.45 bits per heavy atom. The van der Waals surface area contributed by atoms with Crippen molar-refractivity contribution in [3.05, 3.63) is 34.1 Å². The number of nitrogens with one attached hydrogen (secondary N) is 1. The molecule has 2 rings (SSSR count). The molecule has 1 aromatic carbocycles. The van der Waals surface area contributed by atoms with Gasteiger partial charge in [-0.1, -0.05) is 0 Å². The Morgan fingerprint density at radius 2 is 2.20 bits per heavy atom. The Kier molecular flexibility index (Phi) is 4.72. The number of aliphatic carboxylic acids is 1. The van der Waals surface area contributed by atoms with E-state index < -0.39 is 17.9 Å². The molecule has 1 saturated heterocycles. The van der Waals surface area contributed by atoms with Crippen LogP contribution in [0.25, 0.3) is 0 Å². The summed E-state index contributed by atoms with van der Waals surface area (Å²) in [5.74, 6) is -1.78. The third kappa shape index (κ3) is 3.55. The summed E-state index contributed by atoms with van der Waals surface area (Å²) in [6, 6.07) is 3.97. The number of ether oxygens (including phenoxy) is 1. The smallest absolute Gasteiger partial charge is 0.332 e.